The van der Waals surface area contributed by atoms with E-state index in [1.165, 1.54) is 41.1 Å². The van der Waals surface area contributed by atoms with Gasteiger partial charge in [-0.1, -0.05) is 67.9 Å². The molecule has 0 atom stereocenters. The second-order valence-electron chi connectivity index (χ2n) is 9.66. The molecule has 0 bridgehead atoms. The van der Waals surface area contributed by atoms with Gasteiger partial charge in [-0.3, -0.25) is 9.59 Å². The first-order chi connectivity index (χ1) is 18.9. The maximum absolute atomic E-state index is 12.7. The first-order valence-corrected chi connectivity index (χ1v) is 13.6. The van der Waals surface area contributed by atoms with Crippen molar-refractivity contribution in [1.82, 2.24) is 20.2 Å². The fourth-order valence-electron chi connectivity index (χ4n) is 3.57. The Kier molecular flexibility index (Phi) is 8.77. The zero-order valence-electron chi connectivity index (χ0n) is 21.6. The number of carboxylic acids is 1. The molecular weight excluding hydrogens is 575 g/mol. The molecule has 0 aliphatic rings. The first-order valence-electron chi connectivity index (χ1n) is 11.9. The number of carboxylic acid groups (broad SMARTS) is 1. The van der Waals surface area contributed by atoms with Crippen LogP contribution in [0.2, 0.25) is 10.0 Å². The van der Waals surface area contributed by atoms with E-state index >= 15 is 0 Å². The molecule has 206 valence electrons. The smallest absolute Gasteiger partial charge is 0.335 e. The van der Waals surface area contributed by atoms with Crippen LogP contribution in [-0.2, 0) is 10.2 Å². The number of rotatable bonds is 8. The van der Waals surface area contributed by atoms with E-state index in [1.807, 2.05) is 18.2 Å². The third-order valence-electron chi connectivity index (χ3n) is 5.69. The highest BCUT2D eigenvalue weighted by molar-refractivity contribution is 7.99. The number of halogens is 2. The molecule has 4 rings (SSSR count). The lowest BCUT2D eigenvalue weighted by molar-refractivity contribution is -0.113. The quantitative estimate of drug-likeness (QED) is 0.211. The average molecular weight is 600 g/mol. The predicted molar refractivity (Wildman–Crippen MR) is 155 cm³/mol. The standard InChI is InChI=1S/C27H24Cl2N6O4S/c1-27(2,3)17-8-10-22(20(29)13-17)35-26(32-33-34-35)40-14-23(36)31-21-9-7-15(12-19(21)28)24(37)30-18-6-4-5-16(11-18)25(38)39/h4-13H,14H2,1-3H3,(H,30,37)(H,31,36)(H,38,39). The normalized spacial score (nSPS) is 11.2. The van der Waals surface area contributed by atoms with Gasteiger partial charge in [-0.2, -0.15) is 4.68 Å². The zero-order valence-corrected chi connectivity index (χ0v) is 23.9. The van der Waals surface area contributed by atoms with E-state index in [-0.39, 0.29) is 33.2 Å². The number of aromatic carboxylic acids is 1. The molecule has 0 saturated heterocycles. The van der Waals surface area contributed by atoms with Crippen LogP contribution < -0.4 is 10.6 Å². The van der Waals surface area contributed by atoms with Crippen LogP contribution in [0.15, 0.2) is 65.8 Å². The van der Waals surface area contributed by atoms with E-state index in [4.69, 9.17) is 28.3 Å². The van der Waals surface area contributed by atoms with Crippen molar-refractivity contribution in [3.8, 4) is 5.69 Å². The van der Waals surface area contributed by atoms with E-state index in [2.05, 4.69) is 46.9 Å². The number of thioether (sulfide) groups is 1. The number of amides is 2. The summed E-state index contributed by atoms with van der Waals surface area (Å²) < 4.78 is 1.47. The summed E-state index contributed by atoms with van der Waals surface area (Å²) in [4.78, 5) is 36.4. The molecule has 40 heavy (non-hydrogen) atoms. The number of benzene rings is 3. The summed E-state index contributed by atoms with van der Waals surface area (Å²) in [6.07, 6.45) is 0. The van der Waals surface area contributed by atoms with E-state index in [0.29, 0.717) is 27.2 Å². The van der Waals surface area contributed by atoms with E-state index in [1.54, 1.807) is 6.07 Å². The lowest BCUT2D eigenvalue weighted by Crippen LogP contribution is -2.16. The van der Waals surface area contributed by atoms with Crippen LogP contribution in [0.3, 0.4) is 0 Å². The maximum Gasteiger partial charge on any atom is 0.335 e. The Labute approximate surface area is 244 Å². The van der Waals surface area contributed by atoms with Crippen molar-refractivity contribution in [3.63, 3.8) is 0 Å². The van der Waals surface area contributed by atoms with Gasteiger partial charge in [0.2, 0.25) is 11.1 Å². The van der Waals surface area contributed by atoms with Crippen molar-refractivity contribution in [1.29, 1.82) is 0 Å². The van der Waals surface area contributed by atoms with Gasteiger partial charge in [-0.05, 0) is 69.9 Å². The van der Waals surface area contributed by atoms with Gasteiger partial charge in [-0.15, -0.1) is 5.10 Å². The minimum atomic E-state index is -1.10. The van der Waals surface area contributed by atoms with Crippen molar-refractivity contribution < 1.29 is 19.5 Å². The summed E-state index contributed by atoms with van der Waals surface area (Å²) in [5.41, 5.74) is 2.50. The first kappa shape index (κ1) is 29.1. The van der Waals surface area contributed by atoms with Crippen LogP contribution in [-0.4, -0.2) is 48.9 Å². The Morgan fingerprint density at radius 2 is 1.73 bits per heavy atom. The summed E-state index contributed by atoms with van der Waals surface area (Å²) in [6, 6.07) is 15.9. The molecule has 0 radical (unpaired) electrons. The summed E-state index contributed by atoms with van der Waals surface area (Å²) in [5.74, 6) is -1.97. The summed E-state index contributed by atoms with van der Waals surface area (Å²) in [5, 5.41) is 27.2. The van der Waals surface area contributed by atoms with Gasteiger partial charge in [0.05, 0.1) is 32.7 Å². The molecule has 4 aromatic rings. The molecule has 1 heterocycles. The molecule has 3 N–H and O–H groups in total. The van der Waals surface area contributed by atoms with Gasteiger partial charge < -0.3 is 15.7 Å². The Morgan fingerprint density at radius 1 is 0.950 bits per heavy atom. The molecular formula is C27H24Cl2N6O4S. The molecule has 0 fully saturated rings. The minimum absolute atomic E-state index is 0.0173. The largest absolute Gasteiger partial charge is 0.478 e. The van der Waals surface area contributed by atoms with Crippen LogP contribution in [0, 0.1) is 0 Å². The summed E-state index contributed by atoms with van der Waals surface area (Å²) in [6.45, 7) is 6.27. The molecule has 2 amide bonds. The number of carbonyl (C=O) groups is 3. The monoisotopic (exact) mass is 598 g/mol. The highest BCUT2D eigenvalue weighted by atomic mass is 35.5. The Hall–Kier alpha value is -3.93. The number of aromatic nitrogens is 4. The summed E-state index contributed by atoms with van der Waals surface area (Å²) >= 11 is 14.0. The van der Waals surface area contributed by atoms with Gasteiger partial charge in [0.1, 0.15) is 0 Å². The van der Waals surface area contributed by atoms with Crippen LogP contribution >= 0.6 is 35.0 Å². The van der Waals surface area contributed by atoms with Gasteiger partial charge in [0.15, 0.2) is 0 Å². The Morgan fingerprint density at radius 3 is 2.40 bits per heavy atom. The molecule has 0 spiro atoms. The molecule has 0 aliphatic carbocycles. The van der Waals surface area contributed by atoms with Crippen LogP contribution in [0.5, 0.6) is 0 Å². The lowest BCUT2D eigenvalue weighted by Gasteiger charge is -2.20. The zero-order chi connectivity index (χ0) is 29.0. The van der Waals surface area contributed by atoms with Gasteiger partial charge in [0.25, 0.3) is 5.91 Å². The van der Waals surface area contributed by atoms with Gasteiger partial charge >= 0.3 is 5.97 Å². The molecule has 13 heteroatoms. The topological polar surface area (TPSA) is 139 Å². The van der Waals surface area contributed by atoms with Crippen molar-refractivity contribution >= 4 is 64.1 Å². The number of tetrazole rings is 1. The second kappa shape index (κ2) is 12.1. The number of carbonyl (C=O) groups excluding carboxylic acids is 2. The third kappa shape index (κ3) is 6.98. The molecule has 3 aromatic carbocycles. The highest BCUT2D eigenvalue weighted by Crippen LogP contribution is 2.30. The van der Waals surface area contributed by atoms with Crippen LogP contribution in [0.4, 0.5) is 11.4 Å². The van der Waals surface area contributed by atoms with Crippen molar-refractivity contribution in [2.24, 2.45) is 0 Å². The Bertz CT molecular complexity index is 1600. The Balaban J connectivity index is 1.38. The summed E-state index contributed by atoms with van der Waals surface area (Å²) in [7, 11) is 0. The minimum Gasteiger partial charge on any atom is -0.478 e. The molecule has 0 saturated carbocycles. The van der Waals surface area contributed by atoms with E-state index in [9.17, 15) is 14.4 Å². The SMILES string of the molecule is CC(C)(C)c1ccc(-n2nnnc2SCC(=O)Nc2ccc(C(=O)Nc3cccc(C(=O)O)c3)cc2Cl)c(Cl)c1. The van der Waals surface area contributed by atoms with Gasteiger partial charge in [-0.25, -0.2) is 4.79 Å². The average Bonchev–Trinajstić information content (AvgIpc) is 3.36. The fourth-order valence-corrected chi connectivity index (χ4v) is 4.74. The second-order valence-corrected chi connectivity index (χ2v) is 11.4. The fraction of sp³-hybridized carbons (Fsp3) is 0.185. The lowest BCUT2D eigenvalue weighted by atomic mass is 9.87. The van der Waals surface area contributed by atoms with Crippen LogP contribution in [0.25, 0.3) is 5.69 Å². The van der Waals surface area contributed by atoms with E-state index < -0.39 is 11.9 Å². The van der Waals surface area contributed by atoms with Gasteiger partial charge in [0, 0.05) is 11.3 Å². The molecule has 1 aromatic heterocycles. The van der Waals surface area contributed by atoms with Crippen molar-refractivity contribution in [3.05, 3.63) is 87.4 Å². The molecule has 0 unspecified atom stereocenters. The highest BCUT2D eigenvalue weighted by Gasteiger charge is 2.19. The van der Waals surface area contributed by atoms with Crippen molar-refractivity contribution in [2.45, 2.75) is 31.3 Å². The predicted octanol–water partition coefficient (Wildman–Crippen LogP) is 5.95. The maximum atomic E-state index is 12.7. The van der Waals surface area contributed by atoms with E-state index in [0.717, 1.165) is 17.3 Å². The number of hydrogen-bond acceptors (Lipinski definition) is 7. The number of anilines is 2. The third-order valence-corrected chi connectivity index (χ3v) is 7.22. The molecule has 0 aliphatic heterocycles. The number of nitrogens with zero attached hydrogens (tertiary/aromatic N) is 4. The number of nitrogens with one attached hydrogen (secondary N) is 2. The number of hydrogen-bond donors (Lipinski definition) is 3. The van der Waals surface area contributed by atoms with Crippen LogP contribution in [0.1, 0.15) is 47.1 Å². The van der Waals surface area contributed by atoms with Crippen molar-refractivity contribution in [2.75, 3.05) is 16.4 Å². The molecule has 10 nitrogen and oxygen atoms in total.